The molecule has 15 heavy (non-hydrogen) atoms. The topological polar surface area (TPSA) is 24.1 Å². The molecule has 0 aliphatic heterocycles. The predicted molar refractivity (Wildman–Crippen MR) is 66.9 cm³/mol. The molecule has 2 N–H and O–H groups in total. The van der Waals surface area contributed by atoms with E-state index >= 15 is 0 Å². The zero-order valence-electron chi connectivity index (χ0n) is 10.9. The summed E-state index contributed by atoms with van der Waals surface area (Å²) in [5.74, 6) is 1.82. The minimum Gasteiger partial charge on any atom is -0.302 e. The molecule has 1 aliphatic rings. The van der Waals surface area contributed by atoms with Gasteiger partial charge in [-0.2, -0.15) is 0 Å². The summed E-state index contributed by atoms with van der Waals surface area (Å²) in [7, 11) is 4.16. The second-order valence-corrected chi connectivity index (χ2v) is 5.37. The van der Waals surface area contributed by atoms with Gasteiger partial charge in [-0.15, -0.1) is 0 Å². The first-order valence-electron chi connectivity index (χ1n) is 6.51. The Morgan fingerprint density at radius 1 is 1.00 bits per heavy atom. The highest BCUT2D eigenvalue weighted by Crippen LogP contribution is 2.30. The fourth-order valence-electron chi connectivity index (χ4n) is 2.89. The Hall–Kier alpha value is -0.0800. The molecule has 2 nitrogen and oxygen atoms in total. The van der Waals surface area contributed by atoms with Crippen molar-refractivity contribution >= 4 is 0 Å². The molecule has 0 aromatic carbocycles. The minimum atomic E-state index is 0.210. The third-order valence-electron chi connectivity index (χ3n) is 4.26. The molecule has 0 aromatic rings. The summed E-state index contributed by atoms with van der Waals surface area (Å²) in [6.07, 6.45) is 8.05. The molecule has 2 heteroatoms. The molecule has 0 unspecified atom stereocenters. The number of rotatable bonds is 3. The highest BCUT2D eigenvalue weighted by Gasteiger charge is 2.28. The lowest BCUT2D eigenvalue weighted by Crippen LogP contribution is -2.54. The van der Waals surface area contributed by atoms with Crippen molar-refractivity contribution in [2.24, 2.45) is 11.8 Å². The van der Waals surface area contributed by atoms with Gasteiger partial charge in [0.2, 0.25) is 0 Å². The first kappa shape index (κ1) is 13.0. The molecular formula is C13H28N2. The zero-order chi connectivity index (χ0) is 11.3. The van der Waals surface area contributed by atoms with Gasteiger partial charge in [-0.05, 0) is 51.6 Å². The van der Waals surface area contributed by atoms with Crippen molar-refractivity contribution in [2.75, 3.05) is 14.1 Å². The lowest BCUT2D eigenvalue weighted by atomic mass is 9.80. The molecule has 1 rings (SSSR count). The predicted octanol–water partition coefficient (Wildman–Crippen LogP) is 2.75. The molecule has 0 spiro atoms. The standard InChI is InChI=1S/C13H28N2/c1-11(2)12-7-5-9-13(14-3,15-4)10-6-8-12/h11-12,14-15H,5-10H2,1-4H3. The quantitative estimate of drug-likeness (QED) is 0.703. The van der Waals surface area contributed by atoms with Gasteiger partial charge < -0.3 is 10.6 Å². The van der Waals surface area contributed by atoms with E-state index in [4.69, 9.17) is 0 Å². The average molecular weight is 212 g/mol. The molecule has 0 aromatic heterocycles. The SMILES string of the molecule is CNC1(NC)CCCC(C(C)C)CCC1. The molecule has 1 saturated carbocycles. The van der Waals surface area contributed by atoms with Crippen LogP contribution in [0.3, 0.4) is 0 Å². The molecule has 0 amide bonds. The van der Waals surface area contributed by atoms with Crippen LogP contribution in [0.1, 0.15) is 52.4 Å². The molecule has 1 fully saturated rings. The van der Waals surface area contributed by atoms with Gasteiger partial charge in [0.15, 0.2) is 0 Å². The summed E-state index contributed by atoms with van der Waals surface area (Å²) in [4.78, 5) is 0. The van der Waals surface area contributed by atoms with Gasteiger partial charge in [-0.3, -0.25) is 0 Å². The molecular weight excluding hydrogens is 184 g/mol. The minimum absolute atomic E-state index is 0.210. The Morgan fingerprint density at radius 3 is 1.80 bits per heavy atom. The molecule has 90 valence electrons. The molecule has 0 saturated heterocycles. The zero-order valence-corrected chi connectivity index (χ0v) is 10.9. The molecule has 0 heterocycles. The first-order chi connectivity index (χ1) is 7.13. The van der Waals surface area contributed by atoms with E-state index in [-0.39, 0.29) is 5.66 Å². The second-order valence-electron chi connectivity index (χ2n) is 5.37. The van der Waals surface area contributed by atoms with Gasteiger partial charge in [-0.1, -0.05) is 26.7 Å². The van der Waals surface area contributed by atoms with Crippen LogP contribution in [-0.4, -0.2) is 19.8 Å². The van der Waals surface area contributed by atoms with Crippen LogP contribution >= 0.6 is 0 Å². The Bertz CT molecular complexity index is 161. The number of nitrogens with one attached hydrogen (secondary N) is 2. The van der Waals surface area contributed by atoms with Gasteiger partial charge >= 0.3 is 0 Å². The first-order valence-corrected chi connectivity index (χ1v) is 6.51. The van der Waals surface area contributed by atoms with Gasteiger partial charge in [-0.25, -0.2) is 0 Å². The van der Waals surface area contributed by atoms with Crippen molar-refractivity contribution in [3.8, 4) is 0 Å². The van der Waals surface area contributed by atoms with Crippen LogP contribution in [0.5, 0.6) is 0 Å². The van der Waals surface area contributed by atoms with E-state index in [0.29, 0.717) is 0 Å². The van der Waals surface area contributed by atoms with Crippen molar-refractivity contribution in [1.82, 2.24) is 10.6 Å². The molecule has 0 atom stereocenters. The fourth-order valence-corrected chi connectivity index (χ4v) is 2.89. The van der Waals surface area contributed by atoms with Crippen molar-refractivity contribution in [2.45, 2.75) is 58.0 Å². The molecule has 1 aliphatic carbocycles. The van der Waals surface area contributed by atoms with E-state index < -0.39 is 0 Å². The van der Waals surface area contributed by atoms with Gasteiger partial charge in [0.1, 0.15) is 0 Å². The summed E-state index contributed by atoms with van der Waals surface area (Å²) in [5.41, 5.74) is 0.210. The Kier molecular flexibility index (Phi) is 5.07. The summed E-state index contributed by atoms with van der Waals surface area (Å²) in [6.45, 7) is 4.74. The van der Waals surface area contributed by atoms with Crippen LogP contribution < -0.4 is 10.6 Å². The van der Waals surface area contributed by atoms with E-state index in [0.717, 1.165) is 11.8 Å². The monoisotopic (exact) mass is 212 g/mol. The van der Waals surface area contributed by atoms with Gasteiger partial charge in [0.05, 0.1) is 5.66 Å². The lowest BCUT2D eigenvalue weighted by Gasteiger charge is -2.37. The van der Waals surface area contributed by atoms with E-state index in [1.807, 2.05) is 0 Å². The lowest BCUT2D eigenvalue weighted by molar-refractivity contribution is 0.190. The maximum absolute atomic E-state index is 3.47. The summed E-state index contributed by atoms with van der Waals surface area (Å²) >= 11 is 0. The van der Waals surface area contributed by atoms with Crippen LogP contribution in [0.4, 0.5) is 0 Å². The number of hydrogen-bond donors (Lipinski definition) is 2. The number of hydrogen-bond acceptors (Lipinski definition) is 2. The Morgan fingerprint density at radius 2 is 1.47 bits per heavy atom. The van der Waals surface area contributed by atoms with E-state index in [1.54, 1.807) is 0 Å². The average Bonchev–Trinajstić information content (AvgIpc) is 2.18. The summed E-state index contributed by atoms with van der Waals surface area (Å²) in [5, 5.41) is 6.94. The van der Waals surface area contributed by atoms with Crippen LogP contribution in [0.2, 0.25) is 0 Å². The van der Waals surface area contributed by atoms with Crippen molar-refractivity contribution < 1.29 is 0 Å². The Labute approximate surface area is 95.2 Å². The molecule has 0 radical (unpaired) electrons. The summed E-state index contributed by atoms with van der Waals surface area (Å²) < 4.78 is 0. The van der Waals surface area contributed by atoms with Gasteiger partial charge in [0.25, 0.3) is 0 Å². The van der Waals surface area contributed by atoms with Gasteiger partial charge in [0, 0.05) is 0 Å². The van der Waals surface area contributed by atoms with E-state index in [2.05, 4.69) is 38.6 Å². The third kappa shape index (κ3) is 3.46. The summed E-state index contributed by atoms with van der Waals surface area (Å²) in [6, 6.07) is 0. The normalized spacial score (nSPS) is 23.8. The Balaban J connectivity index is 2.49. The van der Waals surface area contributed by atoms with Crippen LogP contribution in [-0.2, 0) is 0 Å². The van der Waals surface area contributed by atoms with Crippen LogP contribution in [0.25, 0.3) is 0 Å². The smallest absolute Gasteiger partial charge is 0.0682 e. The third-order valence-corrected chi connectivity index (χ3v) is 4.26. The van der Waals surface area contributed by atoms with Crippen LogP contribution in [0.15, 0.2) is 0 Å². The highest BCUT2D eigenvalue weighted by molar-refractivity contribution is 4.85. The molecule has 0 bridgehead atoms. The second kappa shape index (κ2) is 5.86. The highest BCUT2D eigenvalue weighted by atomic mass is 15.2. The van der Waals surface area contributed by atoms with Crippen molar-refractivity contribution in [3.63, 3.8) is 0 Å². The maximum atomic E-state index is 3.47. The van der Waals surface area contributed by atoms with E-state index in [9.17, 15) is 0 Å². The maximum Gasteiger partial charge on any atom is 0.0682 e. The largest absolute Gasteiger partial charge is 0.302 e. The van der Waals surface area contributed by atoms with E-state index in [1.165, 1.54) is 38.5 Å². The van der Waals surface area contributed by atoms with Crippen molar-refractivity contribution in [1.29, 1.82) is 0 Å². The van der Waals surface area contributed by atoms with Crippen LogP contribution in [0, 0.1) is 11.8 Å². The van der Waals surface area contributed by atoms with Crippen molar-refractivity contribution in [3.05, 3.63) is 0 Å². The fraction of sp³-hybridized carbons (Fsp3) is 1.00.